The average molecular weight is 572 g/mol. The Hall–Kier alpha value is -2.10. The van der Waals surface area contributed by atoms with E-state index in [1.807, 2.05) is 0 Å². The lowest BCUT2D eigenvalue weighted by Crippen LogP contribution is -2.63. The minimum atomic E-state index is -5.46. The fourth-order valence-corrected chi connectivity index (χ4v) is 4.87. The van der Waals surface area contributed by atoms with Gasteiger partial charge in [0.15, 0.2) is 6.23 Å². The number of ether oxygens (including phenoxy) is 2. The van der Waals surface area contributed by atoms with Crippen molar-refractivity contribution in [3.05, 3.63) is 22.7 Å². The Bertz CT molecular complexity index is 1110. The molecule has 0 bridgehead atoms. The summed E-state index contributed by atoms with van der Waals surface area (Å²) in [5.41, 5.74) is 9.69. The Morgan fingerprint density at radius 2 is 1.92 bits per heavy atom. The molecule has 0 aromatic carbocycles. The molecule has 20 heteroatoms. The molecule has 12 N–H and O–H groups in total. The molecule has 0 aliphatic carbocycles. The lowest BCUT2D eigenvalue weighted by Gasteiger charge is -2.44. The second-order valence-corrected chi connectivity index (χ2v) is 10.0. The molecule has 3 rings (SSSR count). The van der Waals surface area contributed by atoms with Crippen LogP contribution in [0.1, 0.15) is 12.6 Å². The van der Waals surface area contributed by atoms with Crippen LogP contribution in [0.4, 0.5) is 5.82 Å². The fraction of sp³-hybridized carbons (Fsp3) is 0.722. The van der Waals surface area contributed by atoms with Crippen molar-refractivity contribution in [3.8, 4) is 0 Å². The van der Waals surface area contributed by atoms with E-state index in [2.05, 4.69) is 4.98 Å². The molecule has 0 radical (unpaired) electrons. The number of carboxylic acid groups (broad SMARTS) is 1. The summed E-state index contributed by atoms with van der Waals surface area (Å²) in [6.45, 7) is -1.54. The van der Waals surface area contributed by atoms with E-state index in [0.29, 0.717) is 0 Å². The van der Waals surface area contributed by atoms with E-state index in [0.717, 1.165) is 10.8 Å². The van der Waals surface area contributed by atoms with Crippen LogP contribution in [-0.2, 0) is 27.9 Å². The molecule has 2 aliphatic rings. The number of aliphatic hydroxyl groups is 6. The lowest BCUT2D eigenvalue weighted by molar-refractivity contribution is -0.306. The van der Waals surface area contributed by atoms with Gasteiger partial charge in [-0.3, -0.25) is 9.09 Å². The van der Waals surface area contributed by atoms with E-state index < -0.39 is 99.9 Å². The number of rotatable bonds is 10. The number of hydrogen-bond donors (Lipinski definition) is 10. The van der Waals surface area contributed by atoms with Gasteiger partial charge in [0.1, 0.15) is 42.4 Å². The molecule has 38 heavy (non-hydrogen) atoms. The molecule has 0 spiro atoms. The average Bonchev–Trinajstić information content (AvgIpc) is 3.12. The topological polar surface area (TPSA) is 320 Å². The zero-order chi connectivity index (χ0) is 28.6. The molecule has 2 fully saturated rings. The molecule has 3 heterocycles. The number of anilines is 1. The highest BCUT2D eigenvalue weighted by Gasteiger charge is 2.58. The molecule has 1 aromatic rings. The first-order valence-corrected chi connectivity index (χ1v) is 12.5. The van der Waals surface area contributed by atoms with Crippen molar-refractivity contribution >= 4 is 19.6 Å². The van der Waals surface area contributed by atoms with Crippen LogP contribution in [0.15, 0.2) is 17.1 Å². The monoisotopic (exact) mass is 572 g/mol. The number of aliphatic carboxylic acids is 1. The Balaban J connectivity index is 1.74. The zero-order valence-corrected chi connectivity index (χ0v) is 20.3. The number of phosphoric acid groups is 1. The highest BCUT2D eigenvalue weighted by Crippen LogP contribution is 2.51. The summed E-state index contributed by atoms with van der Waals surface area (Å²) in [6, 6.07) is 1.21. The predicted molar refractivity (Wildman–Crippen MR) is 119 cm³/mol. The van der Waals surface area contributed by atoms with E-state index >= 15 is 0 Å². The molecular formula is C18H29N4O15P. The van der Waals surface area contributed by atoms with Crippen LogP contribution in [0.2, 0.25) is 0 Å². The number of nitrogens with zero attached hydrogens (tertiary/aromatic N) is 2. The maximum absolute atomic E-state index is 12.6. The van der Waals surface area contributed by atoms with E-state index in [1.165, 1.54) is 6.07 Å². The van der Waals surface area contributed by atoms with Crippen LogP contribution >= 0.6 is 7.82 Å². The largest absolute Gasteiger partial charge is 0.477 e. The van der Waals surface area contributed by atoms with E-state index in [9.17, 15) is 54.8 Å². The normalized spacial score (nSPS) is 36.9. The summed E-state index contributed by atoms with van der Waals surface area (Å²) in [5, 5.41) is 70.4. The van der Waals surface area contributed by atoms with Crippen LogP contribution in [0.5, 0.6) is 0 Å². The van der Waals surface area contributed by atoms with Crippen LogP contribution in [0, 0.1) is 0 Å². The Labute approximate surface area is 213 Å². The lowest BCUT2D eigenvalue weighted by atomic mass is 9.91. The third-order valence-electron chi connectivity index (χ3n) is 5.96. The van der Waals surface area contributed by atoms with Crippen LogP contribution < -0.4 is 17.2 Å². The first kappa shape index (κ1) is 30.4. The van der Waals surface area contributed by atoms with Gasteiger partial charge < -0.3 is 61.6 Å². The highest BCUT2D eigenvalue weighted by molar-refractivity contribution is 7.47. The number of aromatic nitrogens is 2. The number of carbonyl (C=O) groups is 1. The summed E-state index contributed by atoms with van der Waals surface area (Å²) >= 11 is 0. The van der Waals surface area contributed by atoms with Crippen molar-refractivity contribution in [1.82, 2.24) is 9.55 Å². The van der Waals surface area contributed by atoms with E-state index in [1.54, 1.807) is 0 Å². The quantitative estimate of drug-likeness (QED) is 0.117. The van der Waals surface area contributed by atoms with Crippen molar-refractivity contribution in [2.45, 2.75) is 67.3 Å². The number of carboxylic acids is 1. The minimum Gasteiger partial charge on any atom is -0.477 e. The molecule has 3 unspecified atom stereocenters. The molecule has 2 aliphatic heterocycles. The molecule has 216 valence electrons. The van der Waals surface area contributed by atoms with Crippen LogP contribution in [0.25, 0.3) is 0 Å². The number of nitrogens with two attached hydrogens (primary N) is 2. The van der Waals surface area contributed by atoms with Gasteiger partial charge >= 0.3 is 19.5 Å². The van der Waals surface area contributed by atoms with Crippen molar-refractivity contribution in [2.24, 2.45) is 5.73 Å². The first-order valence-electron chi connectivity index (χ1n) is 11.0. The summed E-state index contributed by atoms with van der Waals surface area (Å²) < 4.78 is 33.3. The third kappa shape index (κ3) is 6.20. The highest BCUT2D eigenvalue weighted by atomic mass is 31.2. The van der Waals surface area contributed by atoms with Crippen LogP contribution in [0.3, 0.4) is 0 Å². The van der Waals surface area contributed by atoms with Gasteiger partial charge in [-0.05, 0) is 6.07 Å². The second-order valence-electron chi connectivity index (χ2n) is 8.64. The Kier molecular flexibility index (Phi) is 9.26. The predicted octanol–water partition coefficient (Wildman–Crippen LogP) is -5.45. The van der Waals surface area contributed by atoms with Crippen molar-refractivity contribution in [3.63, 3.8) is 0 Å². The molecule has 2 saturated heterocycles. The van der Waals surface area contributed by atoms with Gasteiger partial charge in [0.05, 0.1) is 18.8 Å². The standard InChI is InChI=1S/C18H29N4O15P/c19-4-7(24)11(26)14-10(25)6(23)3-18(36-14,16(29)30)37-38(32,33)34-5-8-12(27)13(28)15(35-8)22-2-1-9(20)21-17(22)31/h1-2,6-8,10-15,23-28H,3-5,19H2,(H,29,30)(H,32,33)(H2,20,21,31)/t6-,7-,8-,10-,11-,12+,13?,14?,15-,18-/m1/s1. The Morgan fingerprint density at radius 3 is 2.50 bits per heavy atom. The molecular weight excluding hydrogens is 543 g/mol. The van der Waals surface area contributed by atoms with Gasteiger partial charge in [-0.15, -0.1) is 0 Å². The number of hydrogen-bond acceptors (Lipinski definition) is 16. The molecule has 1 aromatic heterocycles. The smallest absolute Gasteiger partial charge is 0.475 e. The summed E-state index contributed by atoms with van der Waals surface area (Å²) in [5.74, 6) is -5.35. The van der Waals surface area contributed by atoms with Gasteiger partial charge in [0, 0.05) is 19.2 Å². The van der Waals surface area contributed by atoms with E-state index in [-0.39, 0.29) is 5.82 Å². The fourth-order valence-electron chi connectivity index (χ4n) is 3.91. The molecule has 11 atom stereocenters. The van der Waals surface area contributed by atoms with Gasteiger partial charge in [-0.1, -0.05) is 0 Å². The van der Waals surface area contributed by atoms with Gasteiger partial charge in [0.2, 0.25) is 0 Å². The first-order chi connectivity index (χ1) is 17.6. The second kappa shape index (κ2) is 11.6. The third-order valence-corrected chi connectivity index (χ3v) is 6.96. The van der Waals surface area contributed by atoms with Crippen molar-refractivity contribution in [2.75, 3.05) is 18.9 Å². The molecule has 19 nitrogen and oxygen atoms in total. The molecule has 0 amide bonds. The Morgan fingerprint density at radius 1 is 1.26 bits per heavy atom. The summed E-state index contributed by atoms with van der Waals surface area (Å²) in [6.07, 6.45) is -16.3. The van der Waals surface area contributed by atoms with Crippen molar-refractivity contribution in [1.29, 1.82) is 0 Å². The summed E-state index contributed by atoms with van der Waals surface area (Å²) in [7, 11) is -5.46. The van der Waals surface area contributed by atoms with E-state index in [4.69, 9.17) is 30.0 Å². The summed E-state index contributed by atoms with van der Waals surface area (Å²) in [4.78, 5) is 37.7. The number of phosphoric ester groups is 1. The van der Waals surface area contributed by atoms with Gasteiger partial charge in [-0.25, -0.2) is 18.7 Å². The van der Waals surface area contributed by atoms with Crippen LogP contribution in [-0.4, -0.2) is 124 Å². The number of aliphatic hydroxyl groups excluding tert-OH is 6. The minimum absolute atomic E-state index is 0.125. The van der Waals surface area contributed by atoms with Gasteiger partial charge in [0.25, 0.3) is 5.79 Å². The number of nitrogen functional groups attached to an aromatic ring is 1. The zero-order valence-electron chi connectivity index (χ0n) is 19.4. The van der Waals surface area contributed by atoms with Crippen molar-refractivity contribution < 1.29 is 68.5 Å². The molecule has 0 saturated carbocycles. The maximum Gasteiger partial charge on any atom is 0.475 e. The maximum atomic E-state index is 12.6. The SMILES string of the molecule is NC[C@@H](O)[C@@H](O)C1O[C@](OP(=O)(O)OC[C@H]2O[C@@H](n3ccc(N)nc3=O)C(O)[C@H]2O)(C(=O)O)C[C@@H](O)[C@H]1O. The van der Waals surface area contributed by atoms with Gasteiger partial charge in [-0.2, -0.15) is 4.98 Å².